The normalized spacial score (nSPS) is 12.4. The summed E-state index contributed by atoms with van der Waals surface area (Å²) >= 11 is 7.11. The van der Waals surface area contributed by atoms with E-state index in [-0.39, 0.29) is 17.6 Å². The van der Waals surface area contributed by atoms with Gasteiger partial charge in [-0.15, -0.1) is 11.3 Å². The van der Waals surface area contributed by atoms with Crippen molar-refractivity contribution in [1.29, 1.82) is 5.41 Å². The van der Waals surface area contributed by atoms with Gasteiger partial charge in [-0.05, 0) is 34.9 Å². The maximum absolute atomic E-state index is 13.1. The average molecular weight is 553 g/mol. The molecule has 194 valence electrons. The van der Waals surface area contributed by atoms with Gasteiger partial charge in [-0.25, -0.2) is 4.79 Å². The van der Waals surface area contributed by atoms with Crippen LogP contribution >= 0.6 is 22.9 Å². The molecule has 8 nitrogen and oxygen atoms in total. The zero-order valence-corrected chi connectivity index (χ0v) is 20.5. The van der Waals surface area contributed by atoms with Gasteiger partial charge < -0.3 is 21.1 Å². The number of fused-ring (bicyclic) bond motifs is 1. The Morgan fingerprint density at radius 3 is 2.27 bits per heavy atom. The average Bonchev–Trinajstić information content (AvgIpc) is 3.38. The summed E-state index contributed by atoms with van der Waals surface area (Å²) in [7, 11) is 0. The molecule has 0 atom stereocenters. The van der Waals surface area contributed by atoms with Crippen LogP contribution in [0, 0.1) is 5.41 Å². The molecule has 1 aliphatic rings. The number of nitrogens with one attached hydrogen (secondary N) is 2. The number of amidine groups is 1. The number of carboxylic acids is 1. The van der Waals surface area contributed by atoms with Gasteiger partial charge in [-0.3, -0.25) is 15.0 Å². The number of alkyl halides is 3. The maximum atomic E-state index is 13.1. The van der Waals surface area contributed by atoms with E-state index in [0.717, 1.165) is 16.7 Å². The maximum Gasteiger partial charge on any atom is 0.490 e. The number of nitrogens with two attached hydrogens (primary N) is 1. The molecule has 3 aromatic rings. The Balaban J connectivity index is 0.000000479. The van der Waals surface area contributed by atoms with Gasteiger partial charge in [0.1, 0.15) is 0 Å². The highest BCUT2D eigenvalue weighted by molar-refractivity contribution is 7.18. The Kier molecular flexibility index (Phi) is 8.56. The highest BCUT2D eigenvalue weighted by Gasteiger charge is 2.38. The number of nitrogens with zero attached hydrogens (tertiary/aromatic N) is 1. The lowest BCUT2D eigenvalue weighted by Gasteiger charge is -2.16. The van der Waals surface area contributed by atoms with Crippen molar-refractivity contribution in [2.24, 2.45) is 5.73 Å². The van der Waals surface area contributed by atoms with E-state index < -0.39 is 12.1 Å². The molecule has 37 heavy (non-hydrogen) atoms. The van der Waals surface area contributed by atoms with Gasteiger partial charge in [0.05, 0.1) is 26.3 Å². The number of hydrogen-bond acceptors (Lipinski definition) is 5. The lowest BCUT2D eigenvalue weighted by atomic mass is 10.1. The first kappa shape index (κ1) is 27.7. The monoisotopic (exact) mass is 552 g/mol. The number of carbonyl (C=O) groups excluding carboxylic acids is 2. The van der Waals surface area contributed by atoms with E-state index in [1.807, 2.05) is 36.4 Å². The molecule has 2 amide bonds. The summed E-state index contributed by atoms with van der Waals surface area (Å²) in [5.74, 6) is -3.04. The highest BCUT2D eigenvalue weighted by atomic mass is 35.5. The van der Waals surface area contributed by atoms with Crippen molar-refractivity contribution in [2.45, 2.75) is 25.7 Å². The Bertz CT molecular complexity index is 1340. The van der Waals surface area contributed by atoms with E-state index in [0.29, 0.717) is 40.0 Å². The number of hydrogen-bond donors (Lipinski definition) is 4. The van der Waals surface area contributed by atoms with Crippen molar-refractivity contribution in [2.75, 3.05) is 5.32 Å². The third-order valence-corrected chi connectivity index (χ3v) is 6.32. The lowest BCUT2D eigenvalue weighted by Crippen LogP contribution is -2.24. The molecule has 0 saturated heterocycles. The number of halogens is 4. The van der Waals surface area contributed by atoms with Crippen molar-refractivity contribution in [3.63, 3.8) is 0 Å². The molecule has 1 aliphatic heterocycles. The fraction of sp³-hybridized carbons (Fsp3) is 0.167. The molecule has 5 N–H and O–H groups in total. The fourth-order valence-corrected chi connectivity index (χ4v) is 4.41. The summed E-state index contributed by atoms with van der Waals surface area (Å²) in [6, 6.07) is 16.5. The van der Waals surface area contributed by atoms with Crippen LogP contribution in [0.1, 0.15) is 36.7 Å². The summed E-state index contributed by atoms with van der Waals surface area (Å²) in [6.45, 7) is 0.944. The SMILES string of the molecule is N=C(N)Cc1ccc(CN2Cc3cccc(NC(=O)c4ccc(Cl)s4)c3C2=O)cc1.O=C(O)C(F)(F)F. The fourth-order valence-electron chi connectivity index (χ4n) is 3.47. The minimum Gasteiger partial charge on any atom is -0.475 e. The molecular weight excluding hydrogens is 533 g/mol. The van der Waals surface area contributed by atoms with Gasteiger partial charge in [-0.2, -0.15) is 13.2 Å². The summed E-state index contributed by atoms with van der Waals surface area (Å²) in [5, 5.41) is 17.4. The van der Waals surface area contributed by atoms with Crippen LogP contribution in [-0.2, 0) is 24.3 Å². The Hall–Kier alpha value is -3.90. The van der Waals surface area contributed by atoms with Crippen molar-refractivity contribution in [3.8, 4) is 0 Å². The number of rotatable bonds is 6. The van der Waals surface area contributed by atoms with E-state index in [4.69, 9.17) is 32.6 Å². The Morgan fingerprint density at radius 2 is 1.73 bits per heavy atom. The van der Waals surface area contributed by atoms with Crippen LogP contribution < -0.4 is 11.1 Å². The predicted octanol–water partition coefficient (Wildman–Crippen LogP) is 4.92. The summed E-state index contributed by atoms with van der Waals surface area (Å²) < 4.78 is 32.3. The third-order valence-electron chi connectivity index (χ3n) is 5.09. The molecule has 1 aromatic heterocycles. The lowest BCUT2D eigenvalue weighted by molar-refractivity contribution is -0.192. The minimum absolute atomic E-state index is 0.113. The second kappa shape index (κ2) is 11.4. The second-order valence-electron chi connectivity index (χ2n) is 7.88. The first-order chi connectivity index (χ1) is 17.3. The molecule has 0 bridgehead atoms. The number of thiophene rings is 1. The van der Waals surface area contributed by atoms with Crippen molar-refractivity contribution in [3.05, 3.63) is 86.1 Å². The van der Waals surface area contributed by atoms with Gasteiger partial charge >= 0.3 is 12.1 Å². The van der Waals surface area contributed by atoms with Gasteiger partial charge in [0.15, 0.2) is 0 Å². The van der Waals surface area contributed by atoms with E-state index in [2.05, 4.69) is 5.32 Å². The molecular formula is C24H20ClF3N4O4S. The largest absolute Gasteiger partial charge is 0.490 e. The molecule has 0 spiro atoms. The van der Waals surface area contributed by atoms with E-state index in [1.165, 1.54) is 11.3 Å². The van der Waals surface area contributed by atoms with Gasteiger partial charge in [0.25, 0.3) is 11.8 Å². The van der Waals surface area contributed by atoms with E-state index in [9.17, 15) is 22.8 Å². The van der Waals surface area contributed by atoms with Crippen molar-refractivity contribution >= 4 is 52.2 Å². The zero-order chi connectivity index (χ0) is 27.3. The molecule has 0 radical (unpaired) electrons. The minimum atomic E-state index is -5.08. The predicted molar refractivity (Wildman–Crippen MR) is 133 cm³/mol. The van der Waals surface area contributed by atoms with Crippen LogP contribution in [-0.4, -0.2) is 39.8 Å². The molecule has 0 aliphatic carbocycles. The summed E-state index contributed by atoms with van der Waals surface area (Å²) in [5.41, 5.74) is 9.31. The number of carbonyl (C=O) groups is 3. The van der Waals surface area contributed by atoms with E-state index >= 15 is 0 Å². The van der Waals surface area contributed by atoms with Gasteiger partial charge in [0.2, 0.25) is 0 Å². The number of anilines is 1. The van der Waals surface area contributed by atoms with Crippen LogP contribution in [0.4, 0.5) is 18.9 Å². The molecule has 2 aromatic carbocycles. The number of amides is 2. The van der Waals surface area contributed by atoms with Crippen molar-refractivity contribution < 1.29 is 32.7 Å². The third kappa shape index (κ3) is 7.30. The Morgan fingerprint density at radius 1 is 1.11 bits per heavy atom. The summed E-state index contributed by atoms with van der Waals surface area (Å²) in [4.78, 5) is 36.7. The van der Waals surface area contributed by atoms with E-state index in [1.54, 1.807) is 23.1 Å². The van der Waals surface area contributed by atoms with Crippen LogP contribution in [0.2, 0.25) is 4.34 Å². The first-order valence-corrected chi connectivity index (χ1v) is 11.7. The van der Waals surface area contributed by atoms with Gasteiger partial charge in [0, 0.05) is 19.5 Å². The quantitative estimate of drug-likeness (QED) is 0.254. The zero-order valence-electron chi connectivity index (χ0n) is 18.9. The molecule has 0 fully saturated rings. The topological polar surface area (TPSA) is 137 Å². The van der Waals surface area contributed by atoms with Gasteiger partial charge in [-0.1, -0.05) is 48.0 Å². The van der Waals surface area contributed by atoms with Crippen LogP contribution in [0.5, 0.6) is 0 Å². The highest BCUT2D eigenvalue weighted by Crippen LogP contribution is 2.31. The summed E-state index contributed by atoms with van der Waals surface area (Å²) in [6.07, 6.45) is -4.67. The molecule has 0 unspecified atom stereocenters. The van der Waals surface area contributed by atoms with Crippen LogP contribution in [0.25, 0.3) is 0 Å². The second-order valence-corrected chi connectivity index (χ2v) is 9.60. The number of carboxylic acid groups (broad SMARTS) is 1. The smallest absolute Gasteiger partial charge is 0.475 e. The van der Waals surface area contributed by atoms with Crippen LogP contribution in [0.15, 0.2) is 54.6 Å². The molecule has 13 heteroatoms. The molecule has 4 rings (SSSR count). The standard InChI is InChI=1S/C22H19ClN4O2S.C2HF3O2/c23-18-9-8-17(30-18)21(28)26-16-3-1-2-15-12-27(22(29)20(15)16)11-14-6-4-13(5-7-14)10-19(24)25;3-2(4,5)1(6)7/h1-9H,10-12H2,(H3,24,25)(H,26,28);(H,6,7). The van der Waals surface area contributed by atoms with Crippen LogP contribution in [0.3, 0.4) is 0 Å². The number of aliphatic carboxylic acids is 1. The molecule has 2 heterocycles. The van der Waals surface area contributed by atoms with Crippen molar-refractivity contribution in [1.82, 2.24) is 4.90 Å². The molecule has 0 saturated carbocycles. The first-order valence-electron chi connectivity index (χ1n) is 10.5. The number of benzene rings is 2. The Labute approximate surface area is 218 Å².